The molecule has 2 saturated carbocycles. The minimum atomic E-state index is -1.20. The Labute approximate surface area is 332 Å². The zero-order chi connectivity index (χ0) is 37.1. The number of likely N-dealkylation sites (tertiary alicyclic amines) is 2. The zero-order valence-electron chi connectivity index (χ0n) is 30.3. The van der Waals surface area contributed by atoms with Crippen molar-refractivity contribution in [2.75, 3.05) is 24.6 Å². The highest BCUT2D eigenvalue weighted by molar-refractivity contribution is 7.99. The maximum atomic E-state index is 14.3. The summed E-state index contributed by atoms with van der Waals surface area (Å²) in [5.74, 6) is 0.977. The van der Waals surface area contributed by atoms with Crippen LogP contribution in [-0.4, -0.2) is 87.5 Å². The molecule has 6 unspecified atom stereocenters. The van der Waals surface area contributed by atoms with Gasteiger partial charge >= 0.3 is 11.9 Å². The topological polar surface area (TPSA) is 129 Å². The second-order valence-corrected chi connectivity index (χ2v) is 17.7. The first-order valence-corrected chi connectivity index (χ1v) is 22.1. The predicted octanol–water partition coefficient (Wildman–Crippen LogP) is 6.92. The summed E-state index contributed by atoms with van der Waals surface area (Å²) in [6.45, 7) is 6.69. The number of fused-ring (bicyclic) bond motifs is 4. The van der Waals surface area contributed by atoms with Crippen molar-refractivity contribution < 1.29 is 28.5 Å². The molecule has 54 heavy (non-hydrogen) atoms. The number of nitrogens with zero attached hydrogens (tertiary/aromatic N) is 6. The zero-order valence-corrected chi connectivity index (χ0v) is 33.6. The quantitative estimate of drug-likeness (QED) is 0.0660. The number of hydrogen-bond donors (Lipinski definition) is 0. The summed E-state index contributed by atoms with van der Waals surface area (Å²) in [4.78, 5) is 32.8. The Hall–Kier alpha value is -3.28. The number of carbonyl (C=O) groups is 2. The van der Waals surface area contributed by atoms with Crippen molar-refractivity contribution in [2.45, 2.75) is 99.2 Å². The highest BCUT2D eigenvalue weighted by atomic mass is 32.2. The Morgan fingerprint density at radius 1 is 0.685 bits per heavy atom. The van der Waals surface area contributed by atoms with Crippen LogP contribution in [0.2, 0.25) is 0 Å². The van der Waals surface area contributed by atoms with E-state index < -0.39 is 35.6 Å². The molecule has 0 amide bonds. The minimum Gasteiger partial charge on any atom is -0.466 e. The van der Waals surface area contributed by atoms with Crippen molar-refractivity contribution >= 4 is 58.9 Å². The van der Waals surface area contributed by atoms with E-state index >= 15 is 0 Å². The number of rotatable bonds is 16. The maximum Gasteiger partial charge on any atom is 0.419 e. The third-order valence-corrected chi connectivity index (χ3v) is 14.2. The summed E-state index contributed by atoms with van der Waals surface area (Å²) in [5, 5.41) is 1.46. The molecule has 4 fully saturated rings. The van der Waals surface area contributed by atoms with Gasteiger partial charge in [-0.25, -0.2) is 9.59 Å². The number of piperidine rings is 2. The Kier molecular flexibility index (Phi) is 11.5. The molecule has 4 heterocycles. The molecule has 0 spiro atoms. The molecule has 16 heteroatoms. The molecule has 6 atom stereocenters. The van der Waals surface area contributed by atoms with Crippen LogP contribution in [0.1, 0.15) is 63.5 Å². The van der Waals surface area contributed by atoms with Crippen LogP contribution >= 0.6 is 47.0 Å². The van der Waals surface area contributed by atoms with Crippen molar-refractivity contribution in [1.82, 2.24) is 27.3 Å². The molecular weight excluding hydrogens is 765 g/mol. The smallest absolute Gasteiger partial charge is 0.419 e. The number of esters is 2. The van der Waals surface area contributed by atoms with Gasteiger partial charge in [-0.15, -0.1) is 8.75 Å². The molecule has 2 aliphatic heterocycles. The fourth-order valence-corrected chi connectivity index (χ4v) is 11.2. The average Bonchev–Trinajstić information content (AvgIpc) is 4.04. The van der Waals surface area contributed by atoms with Gasteiger partial charge in [0.15, 0.2) is 22.3 Å². The van der Waals surface area contributed by atoms with Crippen LogP contribution in [0.25, 0.3) is 0 Å². The standard InChI is InChI=1S/C38H44N6O6S4/c1-3-15-51-33-31(39-53-41-33)47-29-17-27-19-37(29,43(23-27)21-25-11-7-5-8-12-25)49-35(45)36(46)50-38-20-28(24-44(38)22-26-13-9-6-10-14-26)18-30(38)48-32-34(42-54-40-32)52-16-4-2/h5-14,27-30H,3-4,15-24H2,1-2H3. The van der Waals surface area contributed by atoms with Crippen molar-refractivity contribution in [2.24, 2.45) is 11.8 Å². The van der Waals surface area contributed by atoms with E-state index in [4.69, 9.17) is 18.9 Å². The molecule has 12 nitrogen and oxygen atoms in total. The molecule has 4 aliphatic rings. The maximum absolute atomic E-state index is 14.3. The lowest BCUT2D eigenvalue weighted by atomic mass is 10.0. The number of ether oxygens (including phenoxy) is 4. The summed E-state index contributed by atoms with van der Waals surface area (Å²) in [5.41, 5.74) is -0.253. The molecule has 4 bridgehead atoms. The van der Waals surface area contributed by atoms with Crippen LogP contribution in [0.5, 0.6) is 11.8 Å². The molecule has 4 aromatic rings. The number of hydrogen-bond acceptors (Lipinski definition) is 16. The summed E-state index contributed by atoms with van der Waals surface area (Å²) in [6.07, 6.45) is 3.26. The van der Waals surface area contributed by atoms with Gasteiger partial charge in [0.1, 0.15) is 0 Å². The molecule has 286 valence electrons. The van der Waals surface area contributed by atoms with E-state index in [1.54, 1.807) is 23.5 Å². The molecule has 2 aromatic heterocycles. The first-order valence-electron chi connectivity index (χ1n) is 18.7. The van der Waals surface area contributed by atoms with Gasteiger partial charge < -0.3 is 18.9 Å². The third-order valence-electron chi connectivity index (χ3n) is 10.7. The van der Waals surface area contributed by atoms with E-state index in [1.165, 1.54) is 0 Å². The van der Waals surface area contributed by atoms with Crippen molar-refractivity contribution in [3.63, 3.8) is 0 Å². The Morgan fingerprint density at radius 3 is 1.52 bits per heavy atom. The molecule has 8 rings (SSSR count). The summed E-state index contributed by atoms with van der Waals surface area (Å²) in [6, 6.07) is 20.1. The predicted molar refractivity (Wildman–Crippen MR) is 207 cm³/mol. The van der Waals surface area contributed by atoms with Gasteiger partial charge in [0.05, 0.1) is 23.5 Å². The van der Waals surface area contributed by atoms with Gasteiger partial charge in [0, 0.05) is 39.0 Å². The van der Waals surface area contributed by atoms with E-state index in [1.807, 2.05) is 36.4 Å². The van der Waals surface area contributed by atoms with Gasteiger partial charge in [-0.3, -0.25) is 9.80 Å². The van der Waals surface area contributed by atoms with Crippen LogP contribution in [0.3, 0.4) is 0 Å². The second kappa shape index (κ2) is 16.4. The summed E-state index contributed by atoms with van der Waals surface area (Å²) >= 11 is 5.41. The average molecular weight is 809 g/mol. The Balaban J connectivity index is 1.07. The first-order chi connectivity index (χ1) is 26.4. The molecular formula is C38H44N6O6S4. The summed E-state index contributed by atoms with van der Waals surface area (Å²) < 4.78 is 44.0. The van der Waals surface area contributed by atoms with Gasteiger partial charge in [0.2, 0.25) is 11.4 Å². The van der Waals surface area contributed by atoms with E-state index in [2.05, 4.69) is 65.4 Å². The van der Waals surface area contributed by atoms with Crippen LogP contribution in [0, 0.1) is 11.8 Å². The SMILES string of the molecule is CCCSc1nsnc1OC1CC2CN(Cc3ccccc3)C1(OC(=O)C(=O)OC13CC(CC1Oc1nsnc1SCCC)CN3Cc1ccccc1)C2. The fraction of sp³-hybridized carbons (Fsp3) is 0.526. The van der Waals surface area contributed by atoms with Crippen LogP contribution in [0.15, 0.2) is 70.7 Å². The van der Waals surface area contributed by atoms with Crippen LogP contribution in [0.4, 0.5) is 0 Å². The highest BCUT2D eigenvalue weighted by Gasteiger charge is 2.65. The minimum absolute atomic E-state index is 0.204. The van der Waals surface area contributed by atoms with Crippen LogP contribution < -0.4 is 9.47 Å². The molecule has 0 radical (unpaired) electrons. The fourth-order valence-electron chi connectivity index (χ4n) is 8.47. The molecule has 2 saturated heterocycles. The molecule has 2 aromatic carbocycles. The lowest BCUT2D eigenvalue weighted by Crippen LogP contribution is -2.60. The number of carbonyl (C=O) groups excluding carboxylic acids is 2. The monoisotopic (exact) mass is 808 g/mol. The van der Waals surface area contributed by atoms with E-state index in [9.17, 15) is 9.59 Å². The normalized spacial score (nSPS) is 27.4. The second-order valence-electron chi connectivity index (χ2n) is 14.5. The van der Waals surface area contributed by atoms with Gasteiger partial charge in [-0.1, -0.05) is 98.0 Å². The first kappa shape index (κ1) is 37.6. The van der Waals surface area contributed by atoms with Crippen molar-refractivity contribution in [3.8, 4) is 11.8 Å². The number of benzene rings is 2. The van der Waals surface area contributed by atoms with Crippen molar-refractivity contribution in [1.29, 1.82) is 0 Å². The highest BCUT2D eigenvalue weighted by Crippen LogP contribution is 2.52. The number of aromatic nitrogens is 4. The summed E-state index contributed by atoms with van der Waals surface area (Å²) in [7, 11) is 0. The van der Waals surface area contributed by atoms with E-state index in [0.717, 1.165) is 69.0 Å². The van der Waals surface area contributed by atoms with Gasteiger partial charge in [-0.05, 0) is 60.2 Å². The Bertz CT molecular complexity index is 1770. The third kappa shape index (κ3) is 7.61. The van der Waals surface area contributed by atoms with E-state index in [-0.39, 0.29) is 11.8 Å². The van der Waals surface area contributed by atoms with Crippen LogP contribution in [-0.2, 0) is 32.2 Å². The largest absolute Gasteiger partial charge is 0.466 e. The van der Waals surface area contributed by atoms with Crippen molar-refractivity contribution in [3.05, 3.63) is 71.8 Å². The number of thioether (sulfide) groups is 2. The Morgan fingerprint density at radius 2 is 1.11 bits per heavy atom. The molecule has 0 N–H and O–H groups in total. The van der Waals surface area contributed by atoms with Gasteiger partial charge in [0.25, 0.3) is 11.8 Å². The lowest BCUT2D eigenvalue weighted by Gasteiger charge is -2.44. The lowest BCUT2D eigenvalue weighted by molar-refractivity contribution is -0.224. The van der Waals surface area contributed by atoms with E-state index in [0.29, 0.717) is 63.6 Å². The molecule has 2 aliphatic carbocycles. The van der Waals surface area contributed by atoms with Gasteiger partial charge in [-0.2, -0.15) is 8.75 Å².